The lowest BCUT2D eigenvalue weighted by atomic mass is 9.68. The van der Waals surface area contributed by atoms with Crippen LogP contribution < -0.4 is 10.1 Å². The fourth-order valence-corrected chi connectivity index (χ4v) is 7.42. The van der Waals surface area contributed by atoms with Crippen LogP contribution in [0, 0.1) is 23.7 Å². The molecule has 2 aromatic rings. The van der Waals surface area contributed by atoms with Crippen molar-refractivity contribution in [3.05, 3.63) is 29.5 Å². The van der Waals surface area contributed by atoms with Crippen LogP contribution in [0.25, 0.3) is 10.9 Å². The number of ether oxygens (including phenoxy) is 1. The van der Waals surface area contributed by atoms with Crippen molar-refractivity contribution >= 4 is 16.8 Å². The minimum absolute atomic E-state index is 0.0610. The quantitative estimate of drug-likeness (QED) is 0.516. The summed E-state index contributed by atoms with van der Waals surface area (Å²) in [5.74, 6) is 1.59. The lowest BCUT2D eigenvalue weighted by molar-refractivity contribution is 0.0738. The van der Waals surface area contributed by atoms with Gasteiger partial charge in [-0.1, -0.05) is 32.9 Å². The Labute approximate surface area is 206 Å². The Balaban J connectivity index is 1.72. The van der Waals surface area contributed by atoms with Crippen LogP contribution in [0.2, 0.25) is 0 Å². The molecule has 188 valence electrons. The van der Waals surface area contributed by atoms with Crippen molar-refractivity contribution < 1.29 is 9.53 Å². The van der Waals surface area contributed by atoms with Gasteiger partial charge in [-0.15, -0.1) is 0 Å². The number of hydrogen-bond acceptors (Lipinski definition) is 3. The molecular weight excluding hydrogens is 422 g/mol. The number of nitrogens with zero attached hydrogens (tertiary/aromatic N) is 2. The number of benzene rings is 1. The number of hydrogen-bond donors (Lipinski definition) is 1. The molecule has 2 aliphatic rings. The maximum Gasteiger partial charge on any atom is 0.253 e. The first kappa shape index (κ1) is 25.1. The Morgan fingerprint density at radius 2 is 1.88 bits per heavy atom. The number of carbonyl (C=O) groups excluding carboxylic acids is 1. The molecule has 0 aliphatic heterocycles. The Hall–Kier alpha value is -2.01. The molecule has 1 amide bonds. The summed E-state index contributed by atoms with van der Waals surface area (Å²) in [5, 5.41) is 4.53. The van der Waals surface area contributed by atoms with Crippen LogP contribution in [0.1, 0.15) is 83.8 Å². The average molecular weight is 468 g/mol. The SMILES string of the molecule is COc1cccc2c(C(=O)N[C@H]3C4(C)CCC(C4)C3(C)C)c(C)n(CCN(C(C)C)C(C)C)c12. The van der Waals surface area contributed by atoms with E-state index >= 15 is 0 Å². The smallest absolute Gasteiger partial charge is 0.253 e. The Morgan fingerprint density at radius 1 is 1.21 bits per heavy atom. The molecule has 34 heavy (non-hydrogen) atoms. The van der Waals surface area contributed by atoms with Crippen LogP contribution in [-0.2, 0) is 6.54 Å². The number of fused-ring (bicyclic) bond motifs is 3. The van der Waals surface area contributed by atoms with Crippen LogP contribution in [0.4, 0.5) is 0 Å². The summed E-state index contributed by atoms with van der Waals surface area (Å²) in [4.78, 5) is 16.4. The van der Waals surface area contributed by atoms with Crippen molar-refractivity contribution in [2.24, 2.45) is 16.7 Å². The van der Waals surface area contributed by atoms with Crippen molar-refractivity contribution in [2.45, 2.75) is 99.3 Å². The van der Waals surface area contributed by atoms with E-state index in [1.165, 1.54) is 19.3 Å². The number of carbonyl (C=O) groups is 1. The first-order valence-corrected chi connectivity index (χ1v) is 13.1. The van der Waals surface area contributed by atoms with Gasteiger partial charge in [0.25, 0.3) is 5.91 Å². The molecule has 0 saturated heterocycles. The predicted octanol–water partition coefficient (Wildman–Crippen LogP) is 6.02. The Morgan fingerprint density at radius 3 is 2.44 bits per heavy atom. The molecule has 5 nitrogen and oxygen atoms in total. The van der Waals surface area contributed by atoms with E-state index in [2.05, 4.69) is 76.2 Å². The fraction of sp³-hybridized carbons (Fsp3) is 0.690. The van der Waals surface area contributed by atoms with Crippen LogP contribution in [-0.4, -0.2) is 47.2 Å². The zero-order valence-corrected chi connectivity index (χ0v) is 22.8. The average Bonchev–Trinajstić information content (AvgIpc) is 3.35. The number of rotatable bonds is 8. The van der Waals surface area contributed by atoms with Gasteiger partial charge in [-0.3, -0.25) is 9.69 Å². The molecule has 3 atom stereocenters. The number of amides is 1. The van der Waals surface area contributed by atoms with Gasteiger partial charge < -0.3 is 14.6 Å². The third kappa shape index (κ3) is 3.94. The van der Waals surface area contributed by atoms with Gasteiger partial charge in [-0.05, 0) is 76.7 Å². The molecule has 2 aliphatic carbocycles. The summed E-state index contributed by atoms with van der Waals surface area (Å²) >= 11 is 0. The lowest BCUT2D eigenvalue weighted by Gasteiger charge is -2.43. The van der Waals surface area contributed by atoms with Crippen LogP contribution in [0.5, 0.6) is 5.75 Å². The summed E-state index contributed by atoms with van der Waals surface area (Å²) in [5.41, 5.74) is 3.18. The normalized spacial score (nSPS) is 25.8. The van der Waals surface area contributed by atoms with Crippen molar-refractivity contribution in [1.29, 1.82) is 0 Å². The van der Waals surface area contributed by atoms with Crippen LogP contribution >= 0.6 is 0 Å². The molecule has 2 unspecified atom stereocenters. The first-order chi connectivity index (χ1) is 15.9. The maximum absolute atomic E-state index is 13.9. The largest absolute Gasteiger partial charge is 0.495 e. The van der Waals surface area contributed by atoms with E-state index in [1.807, 2.05) is 12.1 Å². The van der Waals surface area contributed by atoms with E-state index in [0.29, 0.717) is 18.0 Å². The highest BCUT2D eigenvalue weighted by molar-refractivity contribution is 6.10. The highest BCUT2D eigenvalue weighted by atomic mass is 16.5. The first-order valence-electron chi connectivity index (χ1n) is 13.1. The summed E-state index contributed by atoms with van der Waals surface area (Å²) in [6, 6.07) is 7.21. The number of para-hydroxylation sites is 1. The number of methoxy groups -OCH3 is 1. The van der Waals surface area contributed by atoms with E-state index in [1.54, 1.807) is 7.11 Å². The molecule has 2 bridgehead atoms. The number of nitrogens with one attached hydrogen (secondary N) is 1. The van der Waals surface area contributed by atoms with Gasteiger partial charge in [0.2, 0.25) is 0 Å². The van der Waals surface area contributed by atoms with Crippen LogP contribution in [0.15, 0.2) is 18.2 Å². The second kappa shape index (κ2) is 8.89. The molecule has 1 heterocycles. The van der Waals surface area contributed by atoms with Gasteiger partial charge in [0.15, 0.2) is 0 Å². The molecule has 2 fully saturated rings. The standard InChI is InChI=1S/C29H45N3O2/c1-18(2)31(19(3)4)15-16-32-20(5)24(22-11-10-12-23(34-9)25(22)32)26(33)30-27-28(6,7)21-13-14-29(27,8)17-21/h10-12,18-19,21,27H,13-17H2,1-9H3,(H,30,33)/t21?,27-,29?/m1/s1. The minimum atomic E-state index is 0.0610. The molecule has 1 aromatic carbocycles. The second-order valence-corrected chi connectivity index (χ2v) is 12.2. The summed E-state index contributed by atoms with van der Waals surface area (Å²) in [6.07, 6.45) is 3.72. The van der Waals surface area contributed by atoms with E-state index in [0.717, 1.165) is 41.0 Å². The zero-order valence-electron chi connectivity index (χ0n) is 22.8. The monoisotopic (exact) mass is 467 g/mol. The number of aromatic nitrogens is 1. The molecular formula is C29H45N3O2. The highest BCUT2D eigenvalue weighted by Crippen LogP contribution is 2.62. The minimum Gasteiger partial charge on any atom is -0.495 e. The molecule has 2 saturated carbocycles. The molecule has 4 rings (SSSR count). The summed E-state index contributed by atoms with van der Waals surface area (Å²) in [6.45, 7) is 19.9. The van der Waals surface area contributed by atoms with Gasteiger partial charge in [-0.2, -0.15) is 0 Å². The molecule has 1 aromatic heterocycles. The third-order valence-corrected chi connectivity index (χ3v) is 9.21. The Bertz CT molecular complexity index is 1050. The second-order valence-electron chi connectivity index (χ2n) is 12.2. The van der Waals surface area contributed by atoms with E-state index in [9.17, 15) is 4.79 Å². The van der Waals surface area contributed by atoms with Crippen LogP contribution in [0.3, 0.4) is 0 Å². The van der Waals surface area contributed by atoms with Crippen molar-refractivity contribution in [1.82, 2.24) is 14.8 Å². The topological polar surface area (TPSA) is 46.5 Å². The van der Waals surface area contributed by atoms with Crippen molar-refractivity contribution in [2.75, 3.05) is 13.7 Å². The van der Waals surface area contributed by atoms with Gasteiger partial charge in [-0.25, -0.2) is 0 Å². The van der Waals surface area contributed by atoms with Crippen molar-refractivity contribution in [3.8, 4) is 5.75 Å². The van der Waals surface area contributed by atoms with E-state index in [-0.39, 0.29) is 22.8 Å². The molecule has 1 N–H and O–H groups in total. The predicted molar refractivity (Wildman–Crippen MR) is 141 cm³/mol. The third-order valence-electron chi connectivity index (χ3n) is 9.21. The fourth-order valence-electron chi connectivity index (χ4n) is 7.42. The van der Waals surface area contributed by atoms with Gasteiger partial charge in [0.05, 0.1) is 18.2 Å². The van der Waals surface area contributed by atoms with E-state index in [4.69, 9.17) is 4.74 Å². The summed E-state index contributed by atoms with van der Waals surface area (Å²) in [7, 11) is 1.72. The molecule has 0 radical (unpaired) electrons. The lowest BCUT2D eigenvalue weighted by Crippen LogP contribution is -2.52. The van der Waals surface area contributed by atoms with Gasteiger partial charge in [0.1, 0.15) is 5.75 Å². The summed E-state index contributed by atoms with van der Waals surface area (Å²) < 4.78 is 8.07. The zero-order chi connectivity index (χ0) is 25.0. The van der Waals surface area contributed by atoms with Gasteiger partial charge >= 0.3 is 0 Å². The Kier molecular flexibility index (Phi) is 6.56. The van der Waals surface area contributed by atoms with E-state index < -0.39 is 0 Å². The van der Waals surface area contributed by atoms with Crippen molar-refractivity contribution in [3.63, 3.8) is 0 Å². The molecule has 0 spiro atoms. The maximum atomic E-state index is 13.9. The molecule has 5 heteroatoms. The highest BCUT2D eigenvalue weighted by Gasteiger charge is 2.59. The van der Waals surface area contributed by atoms with Gasteiger partial charge in [0, 0.05) is 42.3 Å².